The number of carbonyl (C=O) groups excluding carboxylic acids is 9. The number of aliphatic hydroxyl groups is 1. The monoisotopic (exact) mass is 1140 g/mol. The number of anilines is 1. The largest absolute Gasteiger partial charge is 0.458 e. The van der Waals surface area contributed by atoms with Crippen LogP contribution in [0.2, 0.25) is 0 Å². The number of unbranched alkanes of at least 4 members (excludes halogenated alkanes) is 2. The molecule has 3 aliphatic heterocycles. The van der Waals surface area contributed by atoms with E-state index in [1.165, 1.54) is 20.8 Å². The number of carbonyl (C=O) groups is 9. The van der Waals surface area contributed by atoms with Gasteiger partial charge in [0.2, 0.25) is 24.1 Å². The highest BCUT2D eigenvalue weighted by Crippen LogP contribution is 2.39. The summed E-state index contributed by atoms with van der Waals surface area (Å²) in [5.41, 5.74) is 9.54. The summed E-state index contributed by atoms with van der Waals surface area (Å²) < 4.78 is 17.6. The molecule has 0 bridgehead atoms. The lowest BCUT2D eigenvalue weighted by molar-refractivity contribution is -0.157. The van der Waals surface area contributed by atoms with Crippen LogP contribution in [0.1, 0.15) is 121 Å². The topological polar surface area (TPSA) is 320 Å². The molecule has 0 spiro atoms. The summed E-state index contributed by atoms with van der Waals surface area (Å²) in [7, 11) is 3.10. The fraction of sp³-hybridized carbons (Fsp3) is 0.466. The van der Waals surface area contributed by atoms with Crippen molar-refractivity contribution >= 4 is 70.8 Å². The first-order valence-corrected chi connectivity index (χ1v) is 27.4. The van der Waals surface area contributed by atoms with Gasteiger partial charge < -0.3 is 60.7 Å². The van der Waals surface area contributed by atoms with E-state index < -0.39 is 30.3 Å². The lowest BCUT2D eigenvalue weighted by Gasteiger charge is -2.22. The van der Waals surface area contributed by atoms with Crippen LogP contribution in [-0.4, -0.2) is 136 Å². The van der Waals surface area contributed by atoms with Crippen LogP contribution >= 0.6 is 0 Å². The van der Waals surface area contributed by atoms with Gasteiger partial charge in [0.05, 0.1) is 35.6 Å². The zero-order valence-corrected chi connectivity index (χ0v) is 48.3. The minimum atomic E-state index is -1.54. The number of aryl methyl sites for hydroxylation is 1. The maximum absolute atomic E-state index is 13.4. The van der Waals surface area contributed by atoms with E-state index >= 15 is 0 Å². The molecular formula is C58H78N10O14. The SMILES string of the molecule is CC.CC(C)C(C)NC(=O)CCCCCN1C(=O)C=CCC1=O.CCCNC(N)=O.CCc1c2c(nc3ccc(OC(=O)N(C)CCN(C)C(=O)OCc4ccc(NC(=O)CNC=O)cc4)cc13)-c1cc3c(c(=O)n1C2)COC(=O)[C@H]3O. The zero-order valence-electron chi connectivity index (χ0n) is 48.3. The highest BCUT2D eigenvalue weighted by molar-refractivity contribution is 6.04. The van der Waals surface area contributed by atoms with Crippen molar-refractivity contribution in [2.75, 3.05) is 52.1 Å². The van der Waals surface area contributed by atoms with Crippen molar-refractivity contribution in [1.29, 1.82) is 0 Å². The van der Waals surface area contributed by atoms with Crippen LogP contribution in [0.4, 0.5) is 20.1 Å². The predicted molar refractivity (Wildman–Crippen MR) is 306 cm³/mol. The molecule has 5 heterocycles. The molecule has 7 rings (SSSR count). The normalized spacial score (nSPS) is 13.9. The summed E-state index contributed by atoms with van der Waals surface area (Å²) >= 11 is 0. The molecule has 0 saturated carbocycles. The lowest BCUT2D eigenvalue weighted by Crippen LogP contribution is -2.38. The summed E-state index contributed by atoms with van der Waals surface area (Å²) in [5.74, 6) is -0.747. The number of aromatic nitrogens is 2. The van der Waals surface area contributed by atoms with Crippen molar-refractivity contribution in [3.63, 3.8) is 0 Å². The third kappa shape index (κ3) is 18.7. The number of nitrogens with zero attached hydrogens (tertiary/aromatic N) is 5. The molecule has 0 aliphatic carbocycles. The number of ether oxygens (including phenoxy) is 3. The maximum atomic E-state index is 13.4. The Morgan fingerprint density at radius 1 is 0.915 bits per heavy atom. The zero-order chi connectivity index (χ0) is 60.6. The Labute approximate surface area is 477 Å². The number of cyclic esters (lactones) is 1. The van der Waals surface area contributed by atoms with Crippen molar-refractivity contribution in [2.24, 2.45) is 11.7 Å². The van der Waals surface area contributed by atoms with E-state index in [9.17, 15) is 53.1 Å². The molecule has 1 unspecified atom stereocenters. The number of imide groups is 1. The number of amides is 9. The van der Waals surface area contributed by atoms with Crippen molar-refractivity contribution in [3.05, 3.63) is 98.9 Å². The Hall–Kier alpha value is -8.67. The fourth-order valence-electron chi connectivity index (χ4n) is 8.39. The third-order valence-electron chi connectivity index (χ3n) is 13.3. The van der Waals surface area contributed by atoms with Crippen molar-refractivity contribution in [2.45, 2.75) is 125 Å². The highest BCUT2D eigenvalue weighted by atomic mass is 16.6. The average molecular weight is 1140 g/mol. The molecule has 2 aromatic heterocycles. The van der Waals surface area contributed by atoms with E-state index in [1.807, 2.05) is 34.6 Å². The third-order valence-corrected chi connectivity index (χ3v) is 13.3. The second-order valence-corrected chi connectivity index (χ2v) is 19.5. The van der Waals surface area contributed by atoms with E-state index in [0.717, 1.165) is 42.2 Å². The summed E-state index contributed by atoms with van der Waals surface area (Å²) in [6.07, 6.45) is 5.41. The molecule has 24 nitrogen and oxygen atoms in total. The number of urea groups is 1. The lowest BCUT2D eigenvalue weighted by atomic mass is 9.97. The van der Waals surface area contributed by atoms with Gasteiger partial charge in [-0.05, 0) is 86.1 Å². The van der Waals surface area contributed by atoms with E-state index in [4.69, 9.17) is 24.9 Å². The van der Waals surface area contributed by atoms with Crippen LogP contribution in [0.5, 0.6) is 5.75 Å². The van der Waals surface area contributed by atoms with Gasteiger partial charge in [0.1, 0.15) is 19.0 Å². The maximum Gasteiger partial charge on any atom is 0.415 e. The molecule has 3 aliphatic rings. The van der Waals surface area contributed by atoms with Gasteiger partial charge in [-0.3, -0.25) is 33.7 Å². The average Bonchev–Trinajstić information content (AvgIpc) is 2.71. The smallest absolute Gasteiger partial charge is 0.415 e. The van der Waals surface area contributed by atoms with Crippen molar-refractivity contribution in [1.82, 2.24) is 40.2 Å². The number of hydrogen-bond acceptors (Lipinski definition) is 15. The molecule has 2 atom stereocenters. The molecule has 0 saturated heterocycles. The summed E-state index contributed by atoms with van der Waals surface area (Å²) in [6, 6.07) is 13.1. The fourth-order valence-corrected chi connectivity index (χ4v) is 8.39. The molecule has 82 heavy (non-hydrogen) atoms. The number of fused-ring (bicyclic) bond motifs is 5. The number of nitrogens with one attached hydrogen (secondary N) is 4. The van der Waals surface area contributed by atoms with Crippen LogP contribution in [0, 0.1) is 5.92 Å². The van der Waals surface area contributed by atoms with E-state index in [1.54, 1.807) is 73.3 Å². The first kappa shape index (κ1) is 65.8. The number of esters is 1. The summed E-state index contributed by atoms with van der Waals surface area (Å²) in [4.78, 5) is 126. The number of nitrogens with two attached hydrogens (primary N) is 1. The van der Waals surface area contributed by atoms with Gasteiger partial charge in [-0.1, -0.05) is 66.2 Å². The Balaban J connectivity index is 0.000000397. The van der Waals surface area contributed by atoms with E-state index in [-0.39, 0.29) is 85.7 Å². The van der Waals surface area contributed by atoms with Gasteiger partial charge in [-0.2, -0.15) is 0 Å². The van der Waals surface area contributed by atoms with Gasteiger partial charge in [-0.15, -0.1) is 0 Å². The number of likely N-dealkylation sites (N-methyl/N-ethyl adjacent to an activating group) is 2. The molecule has 24 heteroatoms. The number of primary amides is 1. The van der Waals surface area contributed by atoms with Crippen molar-refractivity contribution < 1.29 is 62.5 Å². The van der Waals surface area contributed by atoms with Crippen LogP contribution in [0.25, 0.3) is 22.3 Å². The predicted octanol–water partition coefficient (Wildman–Crippen LogP) is 5.58. The van der Waals surface area contributed by atoms with Gasteiger partial charge in [0.25, 0.3) is 11.5 Å². The molecule has 7 N–H and O–H groups in total. The molecule has 2 aromatic carbocycles. The minimum Gasteiger partial charge on any atom is -0.458 e. The van der Waals surface area contributed by atoms with E-state index in [0.29, 0.717) is 78.6 Å². The first-order chi connectivity index (χ1) is 39.2. The van der Waals surface area contributed by atoms with Crippen LogP contribution in [-0.2, 0) is 64.4 Å². The summed E-state index contributed by atoms with van der Waals surface area (Å²) in [5, 5.41) is 21.5. The van der Waals surface area contributed by atoms with Crippen molar-refractivity contribution in [3.8, 4) is 17.1 Å². The molecular weight excluding hydrogens is 1060 g/mol. The standard InChI is InChI=1S/C36H36N6O10.C16H26N2O3.C4H10N2O.C2H6/c1-4-23-24-13-22(9-10-28(24)39-31-26(23)16-42-29(31)14-25-27(33(42)46)18-50-34(47)32(25)45)52-36(49)41(3)12-11-40(2)35(48)51-17-20-5-7-21(8-6-20)38-30(44)15-37-19-43;1-12(2)13(3)17-14(19)8-5-4-6-11-18-15(20)9-7-10-16(18)21;1-2-3-6-4(5)7;1-2/h5-10,13-14,19,32,45H,4,11-12,15-18H2,1-3H3,(H,37,43)(H,38,44);7,9,12-13H,4-6,8,10-11H2,1-3H3,(H,17,19);2-3H2,1H3,(H3,5,6,7);1-2H3/t32-;;;/m0.../s1. The van der Waals surface area contributed by atoms with Crippen LogP contribution in [0.15, 0.2) is 65.5 Å². The van der Waals surface area contributed by atoms with Gasteiger partial charge in [0, 0.05) is 87.4 Å². The second-order valence-electron chi connectivity index (χ2n) is 19.5. The quantitative estimate of drug-likeness (QED) is 0.0226. The number of pyridine rings is 2. The molecule has 444 valence electrons. The number of aliphatic hydroxyl groups excluding tert-OH is 1. The second kappa shape index (κ2) is 32.6. The van der Waals surface area contributed by atoms with Gasteiger partial charge in [-0.25, -0.2) is 24.2 Å². The van der Waals surface area contributed by atoms with Gasteiger partial charge in [0.15, 0.2) is 6.10 Å². The Morgan fingerprint density at radius 2 is 1.61 bits per heavy atom. The van der Waals surface area contributed by atoms with Gasteiger partial charge >= 0.3 is 24.2 Å². The Kier molecular flexibility index (Phi) is 26.1. The minimum absolute atomic E-state index is 0.00818. The number of hydrogen-bond donors (Lipinski definition) is 6. The Morgan fingerprint density at radius 3 is 2.23 bits per heavy atom. The molecule has 9 amide bonds. The Bertz CT molecular complexity index is 3010. The van der Waals surface area contributed by atoms with Crippen LogP contribution < -0.4 is 37.3 Å². The highest BCUT2D eigenvalue weighted by Gasteiger charge is 2.35. The summed E-state index contributed by atoms with van der Waals surface area (Å²) in [6.45, 7) is 15.4. The number of benzene rings is 2. The molecule has 4 aromatic rings. The number of rotatable bonds is 21. The first-order valence-electron chi connectivity index (χ1n) is 27.4. The van der Waals surface area contributed by atoms with Crippen LogP contribution in [0.3, 0.4) is 0 Å². The molecule has 0 fully saturated rings. The molecule has 0 radical (unpaired) electrons. The van der Waals surface area contributed by atoms with E-state index in [2.05, 4.69) is 35.1 Å².